The summed E-state index contributed by atoms with van der Waals surface area (Å²) in [5.41, 5.74) is 3.04. The lowest BCUT2D eigenvalue weighted by atomic mass is 10.0. The predicted octanol–water partition coefficient (Wildman–Crippen LogP) is 4.85. The van der Waals surface area contributed by atoms with Gasteiger partial charge in [0.15, 0.2) is 0 Å². The number of sulfonamides is 1. The average molecular weight is 568 g/mol. The molecule has 2 amide bonds. The summed E-state index contributed by atoms with van der Waals surface area (Å²) in [6, 6.07) is 21.5. The smallest absolute Gasteiger partial charge is 0.243 e. The van der Waals surface area contributed by atoms with Gasteiger partial charge >= 0.3 is 0 Å². The van der Waals surface area contributed by atoms with Gasteiger partial charge in [0.2, 0.25) is 21.8 Å². The summed E-state index contributed by atoms with van der Waals surface area (Å²) in [6.07, 6.45) is 1.72. The second kappa shape index (κ2) is 14.1. The average Bonchev–Trinajstić information content (AvgIpc) is 2.89. The molecule has 3 aromatic rings. The molecule has 0 aliphatic heterocycles. The summed E-state index contributed by atoms with van der Waals surface area (Å²) < 4.78 is 40.0. The van der Waals surface area contributed by atoms with Crippen molar-refractivity contribution in [2.24, 2.45) is 0 Å². The highest BCUT2D eigenvalue weighted by molar-refractivity contribution is 7.92. The van der Waals surface area contributed by atoms with Gasteiger partial charge < -0.3 is 10.2 Å². The first kappa shape index (κ1) is 30.8. The molecule has 1 N–H and O–H groups in total. The van der Waals surface area contributed by atoms with Crippen molar-refractivity contribution in [3.63, 3.8) is 0 Å². The van der Waals surface area contributed by atoms with Crippen LogP contribution in [0.3, 0.4) is 0 Å². The standard InChI is InChI=1S/C31H38FN3O4S/c1-23(2)33-31(37)29(21-25-11-6-5-7-12-25)34(22-26-15-17-27(32)18-16-26)30(36)14-9-19-35(40(4,38)39)28-13-8-10-24(3)20-28/h5-8,10-13,15-18,20,23,29H,9,14,19,21-22H2,1-4H3,(H,33,37)/t29-/m0/s1. The van der Waals surface area contributed by atoms with Crippen LogP contribution in [0.2, 0.25) is 0 Å². The molecule has 0 fully saturated rings. The fraction of sp³-hybridized carbons (Fsp3) is 0.355. The lowest BCUT2D eigenvalue weighted by Gasteiger charge is -2.32. The van der Waals surface area contributed by atoms with Crippen LogP contribution in [0.1, 0.15) is 43.4 Å². The van der Waals surface area contributed by atoms with Crippen LogP contribution in [0.4, 0.5) is 10.1 Å². The Bertz CT molecular complexity index is 1380. The van der Waals surface area contributed by atoms with E-state index in [2.05, 4.69) is 5.32 Å². The number of benzene rings is 3. The van der Waals surface area contributed by atoms with Crippen LogP contribution in [-0.2, 0) is 32.6 Å². The van der Waals surface area contributed by atoms with Gasteiger partial charge in [-0.15, -0.1) is 0 Å². The van der Waals surface area contributed by atoms with Crippen LogP contribution in [-0.4, -0.2) is 50.0 Å². The fourth-order valence-electron chi connectivity index (χ4n) is 4.51. The normalized spacial score (nSPS) is 12.2. The third-order valence-corrected chi connectivity index (χ3v) is 7.60. The van der Waals surface area contributed by atoms with E-state index in [4.69, 9.17) is 0 Å². The molecular formula is C31H38FN3O4S. The maximum absolute atomic E-state index is 13.8. The number of aryl methyl sites for hydroxylation is 1. The first-order valence-electron chi connectivity index (χ1n) is 13.4. The van der Waals surface area contributed by atoms with Gasteiger partial charge in [-0.05, 0) is 68.1 Å². The molecule has 0 spiro atoms. The number of hydrogen-bond acceptors (Lipinski definition) is 4. The molecule has 0 saturated heterocycles. The van der Waals surface area contributed by atoms with Crippen LogP contribution >= 0.6 is 0 Å². The highest BCUT2D eigenvalue weighted by Gasteiger charge is 2.31. The van der Waals surface area contributed by atoms with E-state index in [1.54, 1.807) is 30.3 Å². The minimum atomic E-state index is -3.58. The third-order valence-electron chi connectivity index (χ3n) is 6.41. The van der Waals surface area contributed by atoms with Crippen molar-refractivity contribution in [1.82, 2.24) is 10.2 Å². The molecule has 3 rings (SSSR count). The van der Waals surface area contributed by atoms with Crippen LogP contribution in [0.25, 0.3) is 0 Å². The van der Waals surface area contributed by atoms with Gasteiger partial charge in [-0.25, -0.2) is 12.8 Å². The first-order valence-corrected chi connectivity index (χ1v) is 15.2. The number of rotatable bonds is 13. The summed E-state index contributed by atoms with van der Waals surface area (Å²) in [5.74, 6) is -0.967. The maximum atomic E-state index is 13.8. The van der Waals surface area contributed by atoms with E-state index >= 15 is 0 Å². The minimum absolute atomic E-state index is 0.0271. The molecule has 9 heteroatoms. The zero-order chi connectivity index (χ0) is 29.3. The van der Waals surface area contributed by atoms with Gasteiger partial charge in [0.1, 0.15) is 11.9 Å². The number of amides is 2. The first-order chi connectivity index (χ1) is 18.9. The SMILES string of the molecule is Cc1cccc(N(CCCC(=O)N(Cc2ccc(F)cc2)[C@@H](Cc2ccccc2)C(=O)NC(C)C)S(C)(=O)=O)c1. The fourth-order valence-corrected chi connectivity index (χ4v) is 5.47. The number of hydrogen-bond donors (Lipinski definition) is 1. The Balaban J connectivity index is 1.87. The Kier molecular flexibility index (Phi) is 10.8. The highest BCUT2D eigenvalue weighted by atomic mass is 32.2. The minimum Gasteiger partial charge on any atom is -0.352 e. The Morgan fingerprint density at radius 2 is 1.60 bits per heavy atom. The molecule has 7 nitrogen and oxygen atoms in total. The van der Waals surface area contributed by atoms with Crippen molar-refractivity contribution >= 4 is 27.5 Å². The topological polar surface area (TPSA) is 86.8 Å². The summed E-state index contributed by atoms with van der Waals surface area (Å²) >= 11 is 0. The Labute approximate surface area is 237 Å². The van der Waals surface area contributed by atoms with Crippen LogP contribution in [0.15, 0.2) is 78.9 Å². The maximum Gasteiger partial charge on any atom is 0.243 e. The van der Waals surface area contributed by atoms with Crippen LogP contribution < -0.4 is 9.62 Å². The number of nitrogens with zero attached hydrogens (tertiary/aromatic N) is 2. The van der Waals surface area contributed by atoms with Gasteiger partial charge in [-0.1, -0.05) is 54.6 Å². The molecule has 0 aliphatic rings. The van der Waals surface area contributed by atoms with E-state index in [1.165, 1.54) is 21.3 Å². The van der Waals surface area contributed by atoms with Crippen molar-refractivity contribution in [2.45, 2.75) is 58.7 Å². The number of halogens is 1. The van der Waals surface area contributed by atoms with E-state index in [0.29, 0.717) is 17.7 Å². The Morgan fingerprint density at radius 3 is 2.20 bits per heavy atom. The lowest BCUT2D eigenvalue weighted by molar-refractivity contribution is -0.141. The monoisotopic (exact) mass is 567 g/mol. The third kappa shape index (κ3) is 9.19. The lowest BCUT2D eigenvalue weighted by Crippen LogP contribution is -2.51. The molecule has 0 radical (unpaired) electrons. The van der Waals surface area contributed by atoms with Crippen LogP contribution in [0, 0.1) is 12.7 Å². The highest BCUT2D eigenvalue weighted by Crippen LogP contribution is 2.21. The van der Waals surface area contributed by atoms with E-state index in [0.717, 1.165) is 17.4 Å². The van der Waals surface area contributed by atoms with Crippen molar-refractivity contribution in [2.75, 3.05) is 17.1 Å². The molecule has 214 valence electrons. The number of carbonyl (C=O) groups is 2. The molecule has 0 unspecified atom stereocenters. The largest absolute Gasteiger partial charge is 0.352 e. The Morgan fingerprint density at radius 1 is 0.925 bits per heavy atom. The second-order valence-corrected chi connectivity index (χ2v) is 12.2. The van der Waals surface area contributed by atoms with Crippen molar-refractivity contribution in [1.29, 1.82) is 0 Å². The van der Waals surface area contributed by atoms with Crippen molar-refractivity contribution in [3.05, 3.63) is 101 Å². The van der Waals surface area contributed by atoms with Gasteiger partial charge in [0, 0.05) is 32.0 Å². The molecule has 3 aromatic carbocycles. The molecule has 0 saturated carbocycles. The van der Waals surface area contributed by atoms with E-state index < -0.39 is 21.9 Å². The van der Waals surface area contributed by atoms with Gasteiger partial charge in [0.05, 0.1) is 11.9 Å². The van der Waals surface area contributed by atoms with Crippen LogP contribution in [0.5, 0.6) is 0 Å². The zero-order valence-electron chi connectivity index (χ0n) is 23.5. The number of nitrogens with one attached hydrogen (secondary N) is 1. The summed E-state index contributed by atoms with van der Waals surface area (Å²) in [6.45, 7) is 5.81. The molecular weight excluding hydrogens is 529 g/mol. The Hall–Kier alpha value is -3.72. The van der Waals surface area contributed by atoms with Gasteiger partial charge in [-0.3, -0.25) is 13.9 Å². The molecule has 0 aromatic heterocycles. The molecule has 0 bridgehead atoms. The molecule has 0 aliphatic carbocycles. The summed E-state index contributed by atoms with van der Waals surface area (Å²) in [4.78, 5) is 28.7. The zero-order valence-corrected chi connectivity index (χ0v) is 24.3. The quantitative estimate of drug-likeness (QED) is 0.320. The van der Waals surface area contributed by atoms with Gasteiger partial charge in [-0.2, -0.15) is 0 Å². The van der Waals surface area contributed by atoms with Crippen molar-refractivity contribution in [3.8, 4) is 0 Å². The van der Waals surface area contributed by atoms with E-state index in [1.807, 2.05) is 57.2 Å². The summed E-state index contributed by atoms with van der Waals surface area (Å²) in [5, 5.41) is 2.93. The predicted molar refractivity (Wildman–Crippen MR) is 157 cm³/mol. The van der Waals surface area contributed by atoms with Crippen molar-refractivity contribution < 1.29 is 22.4 Å². The second-order valence-electron chi connectivity index (χ2n) is 10.3. The summed E-state index contributed by atoms with van der Waals surface area (Å²) in [7, 11) is -3.58. The molecule has 40 heavy (non-hydrogen) atoms. The molecule has 1 atom stereocenters. The van der Waals surface area contributed by atoms with Gasteiger partial charge in [0.25, 0.3) is 0 Å². The number of carbonyl (C=O) groups excluding carboxylic acids is 2. The van der Waals surface area contributed by atoms with E-state index in [-0.39, 0.29) is 43.8 Å². The molecule has 0 heterocycles. The number of anilines is 1. The van der Waals surface area contributed by atoms with E-state index in [9.17, 15) is 22.4 Å².